The third-order valence-corrected chi connectivity index (χ3v) is 3.41. The molecular weight excluding hydrogens is 261 g/mol. The first-order valence-electron chi connectivity index (χ1n) is 6.44. The van der Waals surface area contributed by atoms with Crippen molar-refractivity contribution in [3.05, 3.63) is 24.0 Å². The quantitative estimate of drug-likeness (QED) is 0.880. The molecule has 2 aromatic rings. The number of benzene rings is 1. The largest absolute Gasteiger partial charge is 0.494 e. The molecule has 2 heterocycles. The summed E-state index contributed by atoms with van der Waals surface area (Å²) in [5.41, 5.74) is 6.49. The van der Waals surface area contributed by atoms with Gasteiger partial charge in [-0.25, -0.2) is 4.39 Å². The Morgan fingerprint density at radius 3 is 3.00 bits per heavy atom. The van der Waals surface area contributed by atoms with Crippen LogP contribution >= 0.6 is 0 Å². The van der Waals surface area contributed by atoms with Crippen LogP contribution < -0.4 is 15.4 Å². The average molecular weight is 277 g/mol. The van der Waals surface area contributed by atoms with Crippen LogP contribution in [0.15, 0.2) is 18.2 Å². The van der Waals surface area contributed by atoms with Crippen LogP contribution in [0.4, 0.5) is 10.3 Å². The fourth-order valence-corrected chi connectivity index (χ4v) is 2.31. The minimum Gasteiger partial charge on any atom is -0.494 e. The van der Waals surface area contributed by atoms with Gasteiger partial charge in [-0.15, -0.1) is 5.10 Å². The molecule has 0 radical (unpaired) electrons. The van der Waals surface area contributed by atoms with Crippen molar-refractivity contribution in [1.29, 1.82) is 0 Å². The van der Waals surface area contributed by atoms with E-state index in [2.05, 4.69) is 15.2 Å². The maximum absolute atomic E-state index is 13.7. The second kappa shape index (κ2) is 5.09. The Hall–Kier alpha value is -2.15. The van der Waals surface area contributed by atoms with Gasteiger partial charge in [-0.05, 0) is 24.6 Å². The van der Waals surface area contributed by atoms with Gasteiger partial charge in [0.1, 0.15) is 0 Å². The highest BCUT2D eigenvalue weighted by molar-refractivity contribution is 5.58. The highest BCUT2D eigenvalue weighted by atomic mass is 19.1. The number of aromatic nitrogens is 3. The topological polar surface area (TPSA) is 80.1 Å². The van der Waals surface area contributed by atoms with Gasteiger partial charge in [-0.1, -0.05) is 0 Å². The Morgan fingerprint density at radius 1 is 1.50 bits per heavy atom. The van der Waals surface area contributed by atoms with Gasteiger partial charge < -0.3 is 15.4 Å². The van der Waals surface area contributed by atoms with Crippen molar-refractivity contribution in [2.75, 3.05) is 25.1 Å². The first kappa shape index (κ1) is 12.9. The molecule has 0 aliphatic carbocycles. The van der Waals surface area contributed by atoms with Crippen LogP contribution in [0.2, 0.25) is 0 Å². The second-order valence-corrected chi connectivity index (χ2v) is 4.83. The van der Waals surface area contributed by atoms with Crippen molar-refractivity contribution >= 4 is 5.95 Å². The smallest absolute Gasteiger partial charge is 0.245 e. The lowest BCUT2D eigenvalue weighted by Gasteiger charge is -2.11. The molecule has 1 unspecified atom stereocenters. The van der Waals surface area contributed by atoms with E-state index in [-0.39, 0.29) is 11.8 Å². The molecule has 1 aliphatic heterocycles. The van der Waals surface area contributed by atoms with Gasteiger partial charge in [0, 0.05) is 24.7 Å². The van der Waals surface area contributed by atoms with Gasteiger partial charge in [0.15, 0.2) is 17.4 Å². The SMILES string of the molecule is COc1ccc(-c2nc(N3CCC(N)C3)n[nH]2)cc1F. The van der Waals surface area contributed by atoms with Crippen LogP contribution in [0.25, 0.3) is 11.4 Å². The van der Waals surface area contributed by atoms with Crippen molar-refractivity contribution in [2.45, 2.75) is 12.5 Å². The van der Waals surface area contributed by atoms with E-state index in [0.717, 1.165) is 19.5 Å². The van der Waals surface area contributed by atoms with Gasteiger partial charge in [0.25, 0.3) is 0 Å². The van der Waals surface area contributed by atoms with Crippen LogP contribution in [-0.4, -0.2) is 41.4 Å². The number of nitrogens with one attached hydrogen (secondary N) is 1. The van der Waals surface area contributed by atoms with E-state index in [4.69, 9.17) is 10.5 Å². The normalized spacial score (nSPS) is 18.6. The fourth-order valence-electron chi connectivity index (χ4n) is 2.31. The predicted molar refractivity (Wildman–Crippen MR) is 73.1 cm³/mol. The summed E-state index contributed by atoms with van der Waals surface area (Å²) in [5.74, 6) is 0.913. The zero-order chi connectivity index (χ0) is 14.1. The molecule has 1 atom stereocenters. The summed E-state index contributed by atoms with van der Waals surface area (Å²) in [5, 5.41) is 6.99. The Kier molecular flexibility index (Phi) is 3.27. The Labute approximate surface area is 115 Å². The Morgan fingerprint density at radius 2 is 2.35 bits per heavy atom. The van der Waals surface area contributed by atoms with Crippen molar-refractivity contribution < 1.29 is 9.13 Å². The number of nitrogens with zero attached hydrogens (tertiary/aromatic N) is 3. The van der Waals surface area contributed by atoms with Crippen LogP contribution in [-0.2, 0) is 0 Å². The summed E-state index contributed by atoms with van der Waals surface area (Å²) in [4.78, 5) is 6.41. The molecule has 1 aliphatic rings. The Bertz CT molecular complexity index is 615. The van der Waals surface area contributed by atoms with E-state index in [0.29, 0.717) is 17.3 Å². The lowest BCUT2D eigenvalue weighted by Crippen LogP contribution is -2.26. The minimum absolute atomic E-state index is 0.162. The molecule has 106 valence electrons. The van der Waals surface area contributed by atoms with Crippen molar-refractivity contribution in [2.24, 2.45) is 5.73 Å². The minimum atomic E-state index is -0.425. The fraction of sp³-hybridized carbons (Fsp3) is 0.385. The number of hydrogen-bond donors (Lipinski definition) is 2. The number of ether oxygens (including phenoxy) is 1. The summed E-state index contributed by atoms with van der Waals surface area (Å²) in [6.07, 6.45) is 0.932. The second-order valence-electron chi connectivity index (χ2n) is 4.83. The van der Waals surface area contributed by atoms with E-state index in [1.807, 2.05) is 4.90 Å². The zero-order valence-corrected chi connectivity index (χ0v) is 11.1. The first-order valence-corrected chi connectivity index (χ1v) is 6.44. The molecule has 1 fully saturated rings. The van der Waals surface area contributed by atoms with Gasteiger partial charge in [-0.2, -0.15) is 4.98 Å². The van der Waals surface area contributed by atoms with Crippen molar-refractivity contribution in [1.82, 2.24) is 15.2 Å². The summed E-state index contributed by atoms with van der Waals surface area (Å²) < 4.78 is 18.6. The molecule has 3 N–H and O–H groups in total. The summed E-state index contributed by atoms with van der Waals surface area (Å²) in [7, 11) is 1.43. The molecule has 1 aromatic heterocycles. The zero-order valence-electron chi connectivity index (χ0n) is 11.1. The van der Waals surface area contributed by atoms with E-state index < -0.39 is 5.82 Å². The van der Waals surface area contributed by atoms with E-state index in [1.54, 1.807) is 12.1 Å². The number of halogens is 1. The van der Waals surface area contributed by atoms with Gasteiger partial charge in [-0.3, -0.25) is 5.10 Å². The monoisotopic (exact) mass is 277 g/mol. The average Bonchev–Trinajstić information content (AvgIpc) is 3.07. The summed E-state index contributed by atoms with van der Waals surface area (Å²) in [6.45, 7) is 1.59. The molecule has 0 spiro atoms. The predicted octanol–water partition coefficient (Wildman–Crippen LogP) is 1.16. The van der Waals surface area contributed by atoms with Gasteiger partial charge >= 0.3 is 0 Å². The third kappa shape index (κ3) is 2.32. The van der Waals surface area contributed by atoms with E-state index in [1.165, 1.54) is 13.2 Å². The van der Waals surface area contributed by atoms with Crippen LogP contribution in [0.5, 0.6) is 5.75 Å². The molecule has 1 saturated heterocycles. The molecule has 0 amide bonds. The summed E-state index contributed by atoms with van der Waals surface area (Å²) in [6, 6.07) is 4.84. The standard InChI is InChI=1S/C13H16FN5O/c1-20-11-3-2-8(6-10(11)14)12-16-13(18-17-12)19-5-4-9(15)7-19/h2-3,6,9H,4-5,7,15H2,1H3,(H,16,17,18). The number of nitrogens with two attached hydrogens (primary N) is 1. The van der Waals surface area contributed by atoms with Gasteiger partial charge in [0.2, 0.25) is 5.95 Å². The van der Waals surface area contributed by atoms with Crippen molar-refractivity contribution in [3.8, 4) is 17.1 Å². The first-order chi connectivity index (χ1) is 9.67. The summed E-state index contributed by atoms with van der Waals surface area (Å²) >= 11 is 0. The highest BCUT2D eigenvalue weighted by Gasteiger charge is 2.22. The van der Waals surface area contributed by atoms with Crippen LogP contribution in [0.1, 0.15) is 6.42 Å². The highest BCUT2D eigenvalue weighted by Crippen LogP contribution is 2.24. The molecule has 0 saturated carbocycles. The molecule has 7 heteroatoms. The number of methoxy groups -OCH3 is 1. The lowest BCUT2D eigenvalue weighted by molar-refractivity contribution is 0.386. The molecule has 20 heavy (non-hydrogen) atoms. The number of anilines is 1. The molecule has 6 nitrogen and oxygen atoms in total. The molecule has 3 rings (SSSR count). The number of hydrogen-bond acceptors (Lipinski definition) is 5. The maximum atomic E-state index is 13.7. The number of aromatic amines is 1. The van der Waals surface area contributed by atoms with Crippen LogP contribution in [0.3, 0.4) is 0 Å². The Balaban J connectivity index is 1.84. The van der Waals surface area contributed by atoms with Crippen molar-refractivity contribution in [3.63, 3.8) is 0 Å². The molecule has 0 bridgehead atoms. The maximum Gasteiger partial charge on any atom is 0.245 e. The number of rotatable bonds is 3. The lowest BCUT2D eigenvalue weighted by atomic mass is 10.2. The van der Waals surface area contributed by atoms with Gasteiger partial charge in [0.05, 0.1) is 7.11 Å². The number of H-pyrrole nitrogens is 1. The van der Waals surface area contributed by atoms with E-state index >= 15 is 0 Å². The molecule has 1 aromatic carbocycles. The van der Waals surface area contributed by atoms with E-state index in [9.17, 15) is 4.39 Å². The van der Waals surface area contributed by atoms with Crippen LogP contribution in [0, 0.1) is 5.82 Å². The molecular formula is C13H16FN5O. The third-order valence-electron chi connectivity index (χ3n) is 3.41.